The van der Waals surface area contributed by atoms with Crippen molar-refractivity contribution in [2.45, 2.75) is 25.7 Å². The van der Waals surface area contributed by atoms with Crippen molar-refractivity contribution < 1.29 is 19.3 Å². The first-order valence-corrected chi connectivity index (χ1v) is 15.5. The lowest BCUT2D eigenvalue weighted by molar-refractivity contribution is -0.385. The zero-order valence-electron chi connectivity index (χ0n) is 25.5. The molecule has 6 rings (SSSR count). The molecular weight excluding hydrogens is 588 g/mol. The van der Waals surface area contributed by atoms with Gasteiger partial charge in [0.2, 0.25) is 0 Å². The van der Waals surface area contributed by atoms with Crippen LogP contribution in [0.2, 0.25) is 0 Å². The molecule has 2 aromatic carbocycles. The molecule has 12 nitrogen and oxygen atoms in total. The number of ether oxygens (including phenoxy) is 2. The smallest absolute Gasteiger partial charge is 0.270 e. The SMILES string of the molecule is O=[N+]([O-])c1cccc(C=C2CCC(C=NN=CC3=C(N4CCOCC4)C(=Cc4cccc([N+](=O)[O-])c4)CC3)=C2N2CCOCC2)c1. The van der Waals surface area contributed by atoms with Crippen molar-refractivity contribution in [2.75, 3.05) is 52.6 Å². The van der Waals surface area contributed by atoms with Gasteiger partial charge in [-0.1, -0.05) is 24.3 Å². The third kappa shape index (κ3) is 7.30. The summed E-state index contributed by atoms with van der Waals surface area (Å²) in [5, 5.41) is 31.7. The molecule has 2 saturated heterocycles. The molecule has 0 saturated carbocycles. The molecule has 0 unspecified atom stereocenters. The lowest BCUT2D eigenvalue weighted by Gasteiger charge is -2.31. The molecule has 2 fully saturated rings. The number of allylic oxidation sites excluding steroid dienone is 4. The van der Waals surface area contributed by atoms with Crippen LogP contribution in [0.1, 0.15) is 36.8 Å². The number of rotatable bonds is 9. The zero-order valence-corrected chi connectivity index (χ0v) is 25.5. The van der Waals surface area contributed by atoms with E-state index in [1.54, 1.807) is 24.3 Å². The average molecular weight is 625 g/mol. The summed E-state index contributed by atoms with van der Waals surface area (Å²) in [5.74, 6) is 0. The highest BCUT2D eigenvalue weighted by Gasteiger charge is 2.27. The highest BCUT2D eigenvalue weighted by atomic mass is 16.6. The van der Waals surface area contributed by atoms with E-state index in [0.717, 1.165) is 96.7 Å². The van der Waals surface area contributed by atoms with Crippen molar-refractivity contribution >= 4 is 36.0 Å². The van der Waals surface area contributed by atoms with E-state index in [-0.39, 0.29) is 21.2 Å². The molecule has 238 valence electrons. The second kappa shape index (κ2) is 14.4. The molecule has 12 heteroatoms. The number of hydrogen-bond acceptors (Lipinski definition) is 10. The molecule has 46 heavy (non-hydrogen) atoms. The number of nitrogens with zero attached hydrogens (tertiary/aromatic N) is 6. The number of nitro groups is 2. The predicted molar refractivity (Wildman–Crippen MR) is 176 cm³/mol. The number of nitro benzene ring substituents is 2. The standard InChI is InChI=1S/C34H36N6O6/c41-39(42)31-5-1-3-25(21-31)19-27-7-9-29(33(27)37-11-15-45-16-12-37)23-35-36-24-30-10-8-28(34(30)38-13-17-46-18-14-38)20-26-4-2-6-32(22-26)40(43)44/h1-6,19-24H,7-18H2. The lowest BCUT2D eigenvalue weighted by Crippen LogP contribution is -2.36. The summed E-state index contributed by atoms with van der Waals surface area (Å²) in [6, 6.07) is 13.4. The molecule has 0 radical (unpaired) electrons. The summed E-state index contributed by atoms with van der Waals surface area (Å²) in [4.78, 5) is 26.5. The van der Waals surface area contributed by atoms with Crippen molar-refractivity contribution in [1.82, 2.24) is 9.80 Å². The minimum absolute atomic E-state index is 0.0705. The Morgan fingerprint density at radius 2 is 1.04 bits per heavy atom. The molecular formula is C34H36N6O6. The molecule has 0 bridgehead atoms. The van der Waals surface area contributed by atoms with Gasteiger partial charge >= 0.3 is 0 Å². The van der Waals surface area contributed by atoms with Crippen LogP contribution in [0.15, 0.2) is 92.4 Å². The highest BCUT2D eigenvalue weighted by molar-refractivity contribution is 5.86. The number of non-ortho nitro benzene ring substituents is 2. The Morgan fingerprint density at radius 1 is 0.630 bits per heavy atom. The van der Waals surface area contributed by atoms with E-state index in [4.69, 9.17) is 9.47 Å². The number of morpholine rings is 2. The van der Waals surface area contributed by atoms with Crippen LogP contribution in [0, 0.1) is 20.2 Å². The van der Waals surface area contributed by atoms with Gasteiger partial charge in [0.25, 0.3) is 11.4 Å². The average Bonchev–Trinajstić information content (AvgIpc) is 3.67. The van der Waals surface area contributed by atoms with Crippen molar-refractivity contribution in [1.29, 1.82) is 0 Å². The minimum atomic E-state index is -0.373. The summed E-state index contributed by atoms with van der Waals surface area (Å²) < 4.78 is 11.2. The Labute approximate surface area is 267 Å². The number of hydrogen-bond donors (Lipinski definition) is 0. The summed E-state index contributed by atoms with van der Waals surface area (Å²) in [5.41, 5.74) is 8.34. The maximum Gasteiger partial charge on any atom is 0.270 e. The maximum absolute atomic E-state index is 11.3. The van der Waals surface area contributed by atoms with E-state index in [9.17, 15) is 20.2 Å². The van der Waals surface area contributed by atoms with E-state index in [1.165, 1.54) is 12.1 Å². The lowest BCUT2D eigenvalue weighted by atomic mass is 10.1. The Hall–Kier alpha value is -4.94. The first kappa shape index (κ1) is 31.1. The van der Waals surface area contributed by atoms with Gasteiger partial charge in [-0.25, -0.2) is 0 Å². The molecule has 0 spiro atoms. The molecule has 2 aromatic rings. The fraction of sp³-hybridized carbons (Fsp3) is 0.353. The van der Waals surface area contributed by atoms with Crippen LogP contribution >= 0.6 is 0 Å². The number of benzene rings is 2. The van der Waals surface area contributed by atoms with Crippen molar-refractivity contribution in [3.05, 3.63) is 114 Å². The van der Waals surface area contributed by atoms with Crippen LogP contribution in [-0.4, -0.2) is 84.7 Å². The highest BCUT2D eigenvalue weighted by Crippen LogP contribution is 2.37. The predicted octanol–water partition coefficient (Wildman–Crippen LogP) is 5.79. The zero-order chi connectivity index (χ0) is 31.9. The summed E-state index contributed by atoms with van der Waals surface area (Å²) in [6.45, 7) is 5.61. The van der Waals surface area contributed by atoms with Crippen LogP contribution < -0.4 is 0 Å². The largest absolute Gasteiger partial charge is 0.378 e. The first-order chi connectivity index (χ1) is 22.5. The van der Waals surface area contributed by atoms with Crippen LogP contribution in [0.4, 0.5) is 11.4 Å². The molecule has 2 aliphatic carbocycles. The van der Waals surface area contributed by atoms with Gasteiger partial charge in [0.05, 0.1) is 48.7 Å². The molecule has 0 atom stereocenters. The third-order valence-electron chi connectivity index (χ3n) is 8.54. The minimum Gasteiger partial charge on any atom is -0.378 e. The quantitative estimate of drug-likeness (QED) is 0.194. The second-order valence-electron chi connectivity index (χ2n) is 11.5. The van der Waals surface area contributed by atoms with E-state index in [2.05, 4.69) is 20.0 Å². The molecule has 0 N–H and O–H groups in total. The van der Waals surface area contributed by atoms with E-state index < -0.39 is 0 Å². The molecule has 0 amide bonds. The van der Waals surface area contributed by atoms with Gasteiger partial charge in [-0.05, 0) is 71.3 Å². The normalized spacial score (nSPS) is 21.1. The second-order valence-corrected chi connectivity index (χ2v) is 11.5. The third-order valence-corrected chi connectivity index (χ3v) is 8.54. The van der Waals surface area contributed by atoms with Gasteiger partial charge in [-0.3, -0.25) is 20.2 Å². The molecule has 2 heterocycles. The molecule has 2 aliphatic heterocycles. The topological polar surface area (TPSA) is 136 Å². The van der Waals surface area contributed by atoms with Crippen molar-refractivity contribution in [2.24, 2.45) is 10.2 Å². The Kier molecular flexibility index (Phi) is 9.75. The molecule has 0 aromatic heterocycles. The maximum atomic E-state index is 11.3. The Morgan fingerprint density at radius 3 is 1.43 bits per heavy atom. The van der Waals surface area contributed by atoms with Gasteiger partial charge < -0.3 is 19.3 Å². The van der Waals surface area contributed by atoms with Gasteiger partial charge in [0, 0.05) is 61.8 Å². The van der Waals surface area contributed by atoms with Crippen LogP contribution in [-0.2, 0) is 9.47 Å². The summed E-state index contributed by atoms with van der Waals surface area (Å²) in [7, 11) is 0. The first-order valence-electron chi connectivity index (χ1n) is 15.5. The Bertz CT molecular complexity index is 1550. The van der Waals surface area contributed by atoms with Crippen molar-refractivity contribution in [3.63, 3.8) is 0 Å². The monoisotopic (exact) mass is 624 g/mol. The van der Waals surface area contributed by atoms with Gasteiger partial charge in [-0.15, -0.1) is 0 Å². The van der Waals surface area contributed by atoms with Crippen molar-refractivity contribution in [3.8, 4) is 0 Å². The fourth-order valence-electron chi connectivity index (χ4n) is 6.41. The van der Waals surface area contributed by atoms with Gasteiger partial charge in [0.15, 0.2) is 0 Å². The van der Waals surface area contributed by atoms with E-state index in [1.807, 2.05) is 36.7 Å². The van der Waals surface area contributed by atoms with Crippen LogP contribution in [0.25, 0.3) is 12.2 Å². The van der Waals surface area contributed by atoms with Gasteiger partial charge in [0.1, 0.15) is 0 Å². The summed E-state index contributed by atoms with van der Waals surface area (Å²) >= 11 is 0. The van der Waals surface area contributed by atoms with E-state index >= 15 is 0 Å². The van der Waals surface area contributed by atoms with E-state index in [0.29, 0.717) is 26.4 Å². The summed E-state index contributed by atoms with van der Waals surface area (Å²) in [6.07, 6.45) is 10.9. The van der Waals surface area contributed by atoms with Gasteiger partial charge in [-0.2, -0.15) is 10.2 Å². The van der Waals surface area contributed by atoms with Crippen LogP contribution in [0.3, 0.4) is 0 Å². The Balaban J connectivity index is 1.28. The van der Waals surface area contributed by atoms with Crippen LogP contribution in [0.5, 0.6) is 0 Å². The fourth-order valence-corrected chi connectivity index (χ4v) is 6.41. The molecule has 4 aliphatic rings.